The van der Waals surface area contributed by atoms with Crippen molar-refractivity contribution in [3.8, 4) is 16.9 Å². The molecule has 8 heteroatoms. The molecule has 3 rings (SSSR count). The number of anilines is 1. The van der Waals surface area contributed by atoms with Gasteiger partial charge in [0.15, 0.2) is 0 Å². The van der Waals surface area contributed by atoms with Gasteiger partial charge in [0.2, 0.25) is 0 Å². The molecule has 0 radical (unpaired) electrons. The molecule has 0 unspecified atom stereocenters. The van der Waals surface area contributed by atoms with Crippen molar-refractivity contribution in [3.63, 3.8) is 0 Å². The van der Waals surface area contributed by atoms with Gasteiger partial charge in [-0.1, -0.05) is 44.5 Å². The monoisotopic (exact) mass is 454 g/mol. The van der Waals surface area contributed by atoms with E-state index in [1.54, 1.807) is 51.1 Å². The van der Waals surface area contributed by atoms with Gasteiger partial charge in [-0.05, 0) is 44.5 Å². The summed E-state index contributed by atoms with van der Waals surface area (Å²) in [4.78, 5) is 36.9. The van der Waals surface area contributed by atoms with E-state index in [0.29, 0.717) is 16.5 Å². The van der Waals surface area contributed by atoms with Crippen LogP contribution in [0, 0.1) is 0 Å². The first-order valence-electron chi connectivity index (χ1n) is 10.6. The molecule has 8 nitrogen and oxygen atoms in total. The van der Waals surface area contributed by atoms with Gasteiger partial charge in [0, 0.05) is 10.9 Å². The van der Waals surface area contributed by atoms with Gasteiger partial charge in [0.25, 0.3) is 5.91 Å². The van der Waals surface area contributed by atoms with Crippen molar-refractivity contribution < 1.29 is 23.8 Å². The summed E-state index contributed by atoms with van der Waals surface area (Å²) in [6.07, 6.45) is 1.25. The van der Waals surface area contributed by atoms with Crippen LogP contribution in [-0.2, 0) is 9.53 Å². The predicted molar refractivity (Wildman–Crippen MR) is 128 cm³/mol. The number of aromatic hydroxyl groups is 1. The van der Waals surface area contributed by atoms with Crippen LogP contribution in [0.25, 0.3) is 22.1 Å². The van der Waals surface area contributed by atoms with Crippen LogP contribution in [0.4, 0.5) is 5.69 Å². The number of nitrogens with one attached hydrogen (secondary N) is 1. The maximum atomic E-state index is 12.5. The van der Waals surface area contributed by atoms with Crippen molar-refractivity contribution in [3.05, 3.63) is 58.4 Å². The Kier molecular flexibility index (Phi) is 8.23. The van der Waals surface area contributed by atoms with Gasteiger partial charge >= 0.3 is 11.6 Å². The minimum absolute atomic E-state index is 0.0523. The van der Waals surface area contributed by atoms with Crippen LogP contribution < -0.4 is 16.7 Å². The molecular weight excluding hydrogens is 424 g/mol. The van der Waals surface area contributed by atoms with E-state index in [4.69, 9.17) is 14.9 Å². The van der Waals surface area contributed by atoms with Gasteiger partial charge < -0.3 is 25.3 Å². The molecule has 1 aromatic heterocycles. The second-order valence-electron chi connectivity index (χ2n) is 8.38. The Bertz CT molecular complexity index is 1190. The third-order valence-corrected chi connectivity index (χ3v) is 4.19. The number of hydrogen-bond acceptors (Lipinski definition) is 7. The van der Waals surface area contributed by atoms with Crippen molar-refractivity contribution in [1.82, 2.24) is 5.32 Å². The summed E-state index contributed by atoms with van der Waals surface area (Å²) in [6, 6.07) is 11.4. The van der Waals surface area contributed by atoms with Crippen molar-refractivity contribution >= 4 is 28.5 Å². The highest BCUT2D eigenvalue weighted by Crippen LogP contribution is 2.32. The Morgan fingerprint density at radius 3 is 2.27 bits per heavy atom. The number of carbonyl (C=O) groups is 2. The minimum Gasteiger partial charge on any atom is -0.508 e. The normalized spacial score (nSPS) is 10.8. The fourth-order valence-corrected chi connectivity index (χ4v) is 2.95. The lowest BCUT2D eigenvalue weighted by molar-refractivity contribution is -0.153. The molecule has 33 heavy (non-hydrogen) atoms. The number of benzene rings is 2. The Morgan fingerprint density at radius 2 is 1.70 bits per heavy atom. The SMILES string of the molecule is CC(C)(C)OC(=O)CNC(=O)c1c(N)c2cccc(-c3ccc(O)cc3)c2oc1=O.CCC. The maximum absolute atomic E-state index is 12.5. The third kappa shape index (κ3) is 6.58. The topological polar surface area (TPSA) is 132 Å². The Labute approximate surface area is 192 Å². The first kappa shape index (κ1) is 25.5. The number of phenols is 1. The van der Waals surface area contributed by atoms with E-state index in [9.17, 15) is 19.5 Å². The molecule has 0 aliphatic rings. The van der Waals surface area contributed by atoms with Crippen molar-refractivity contribution in [1.29, 1.82) is 0 Å². The molecule has 0 aliphatic heterocycles. The molecule has 2 aromatic carbocycles. The molecule has 0 atom stereocenters. The summed E-state index contributed by atoms with van der Waals surface area (Å²) >= 11 is 0. The average Bonchev–Trinajstić information content (AvgIpc) is 2.72. The van der Waals surface area contributed by atoms with Crippen LogP contribution in [0.15, 0.2) is 51.7 Å². The zero-order valence-electron chi connectivity index (χ0n) is 19.5. The highest BCUT2D eigenvalue weighted by atomic mass is 16.6. The number of phenolic OH excluding ortho intramolecular Hbond substituents is 1. The van der Waals surface area contributed by atoms with Crippen molar-refractivity contribution in [2.24, 2.45) is 0 Å². The van der Waals surface area contributed by atoms with E-state index < -0.39 is 29.6 Å². The summed E-state index contributed by atoms with van der Waals surface area (Å²) in [7, 11) is 0. The van der Waals surface area contributed by atoms with Gasteiger partial charge in [-0.3, -0.25) is 9.59 Å². The third-order valence-electron chi connectivity index (χ3n) is 4.19. The number of para-hydroxylation sites is 1. The Hall–Kier alpha value is -3.81. The molecule has 0 bridgehead atoms. The lowest BCUT2D eigenvalue weighted by Gasteiger charge is -2.19. The minimum atomic E-state index is -0.923. The molecule has 3 aromatic rings. The fourth-order valence-electron chi connectivity index (χ4n) is 2.95. The number of carbonyl (C=O) groups excluding carboxylic acids is 2. The molecule has 1 heterocycles. The van der Waals surface area contributed by atoms with E-state index in [0.717, 1.165) is 0 Å². The predicted octanol–water partition coefficient (Wildman–Crippen LogP) is 4.24. The van der Waals surface area contributed by atoms with Gasteiger partial charge in [-0.15, -0.1) is 0 Å². The second-order valence-corrected chi connectivity index (χ2v) is 8.38. The number of rotatable bonds is 4. The molecule has 0 spiro atoms. The van der Waals surface area contributed by atoms with Crippen LogP contribution in [0.3, 0.4) is 0 Å². The highest BCUT2D eigenvalue weighted by molar-refractivity contribution is 6.08. The standard InChI is InChI=1S/C22H22N2O6.C3H8/c1-22(2,3)30-16(26)11-24-20(27)17-18(23)15-6-4-5-14(19(15)29-21(17)28)12-7-9-13(25)10-8-12;1-3-2/h4-10,25H,11,23H2,1-3H3,(H,24,27);3H2,1-2H3. The first-order valence-corrected chi connectivity index (χ1v) is 10.6. The quantitative estimate of drug-likeness (QED) is 0.397. The lowest BCUT2D eigenvalue weighted by Crippen LogP contribution is -2.36. The molecule has 0 saturated heterocycles. The Morgan fingerprint density at radius 1 is 1.09 bits per heavy atom. The summed E-state index contributed by atoms with van der Waals surface area (Å²) in [6.45, 7) is 8.94. The van der Waals surface area contributed by atoms with Gasteiger partial charge in [-0.2, -0.15) is 0 Å². The van der Waals surface area contributed by atoms with Crippen LogP contribution in [0.2, 0.25) is 0 Å². The van der Waals surface area contributed by atoms with Gasteiger partial charge in [0.05, 0.1) is 5.69 Å². The average molecular weight is 455 g/mol. The molecular formula is C25H30N2O6. The fraction of sp³-hybridized carbons (Fsp3) is 0.320. The summed E-state index contributed by atoms with van der Waals surface area (Å²) in [5.74, 6) is -1.37. The van der Waals surface area contributed by atoms with Crippen LogP contribution in [0.5, 0.6) is 5.75 Å². The lowest BCUT2D eigenvalue weighted by atomic mass is 10.0. The van der Waals surface area contributed by atoms with Crippen LogP contribution >= 0.6 is 0 Å². The Balaban J connectivity index is 0.00000122. The molecule has 0 aliphatic carbocycles. The molecule has 4 N–H and O–H groups in total. The van der Waals surface area contributed by atoms with Crippen LogP contribution in [-0.4, -0.2) is 29.1 Å². The summed E-state index contributed by atoms with van der Waals surface area (Å²) in [5, 5.41) is 12.2. The number of esters is 1. The molecule has 0 saturated carbocycles. The van der Waals surface area contributed by atoms with Crippen LogP contribution in [0.1, 0.15) is 51.4 Å². The first-order chi connectivity index (χ1) is 15.5. The zero-order chi connectivity index (χ0) is 24.8. The smallest absolute Gasteiger partial charge is 0.351 e. The zero-order valence-corrected chi connectivity index (χ0v) is 19.5. The van der Waals surface area contributed by atoms with E-state index in [1.165, 1.54) is 18.6 Å². The number of nitrogen functional groups attached to an aromatic ring is 1. The number of hydrogen-bond donors (Lipinski definition) is 3. The van der Waals surface area contributed by atoms with E-state index in [1.807, 2.05) is 0 Å². The summed E-state index contributed by atoms with van der Waals surface area (Å²) in [5.41, 5.74) is 5.56. The molecule has 0 fully saturated rings. The van der Waals surface area contributed by atoms with E-state index in [2.05, 4.69) is 19.2 Å². The van der Waals surface area contributed by atoms with Gasteiger partial charge in [0.1, 0.15) is 29.0 Å². The highest BCUT2D eigenvalue weighted by Gasteiger charge is 2.23. The second kappa shape index (κ2) is 10.7. The van der Waals surface area contributed by atoms with Crippen molar-refractivity contribution in [2.75, 3.05) is 12.3 Å². The number of ether oxygens (including phenoxy) is 1. The van der Waals surface area contributed by atoms with E-state index in [-0.39, 0.29) is 22.6 Å². The number of fused-ring (bicyclic) bond motifs is 1. The summed E-state index contributed by atoms with van der Waals surface area (Å²) < 4.78 is 10.5. The number of amides is 1. The number of nitrogens with two attached hydrogens (primary N) is 1. The van der Waals surface area contributed by atoms with Gasteiger partial charge in [-0.25, -0.2) is 4.79 Å². The molecule has 176 valence electrons. The van der Waals surface area contributed by atoms with Crippen molar-refractivity contribution in [2.45, 2.75) is 46.6 Å². The van der Waals surface area contributed by atoms with E-state index >= 15 is 0 Å². The maximum Gasteiger partial charge on any atom is 0.351 e. The molecule has 1 amide bonds. The largest absolute Gasteiger partial charge is 0.508 e.